The molecular weight excluding hydrogens is 316 g/mol. The molecule has 2 aromatic heterocycles. The maximum absolute atomic E-state index is 12.6. The van der Waals surface area contributed by atoms with Crippen molar-refractivity contribution in [3.8, 4) is 0 Å². The van der Waals surface area contributed by atoms with Crippen molar-refractivity contribution in [2.75, 3.05) is 19.6 Å². The van der Waals surface area contributed by atoms with E-state index in [-0.39, 0.29) is 17.7 Å². The average molecular weight is 338 g/mol. The van der Waals surface area contributed by atoms with Crippen LogP contribution >= 0.6 is 0 Å². The minimum Gasteiger partial charge on any atom is -0.355 e. The second kappa shape index (κ2) is 6.78. The number of carbonyl (C=O) groups is 2. The van der Waals surface area contributed by atoms with Crippen LogP contribution in [0.4, 0.5) is 0 Å². The molecule has 0 bridgehead atoms. The molecule has 4 rings (SSSR count). The van der Waals surface area contributed by atoms with Gasteiger partial charge in [0, 0.05) is 49.2 Å². The molecule has 0 radical (unpaired) electrons. The molecule has 1 N–H and O–H groups in total. The summed E-state index contributed by atoms with van der Waals surface area (Å²) in [5.74, 6) is 0.559. The Balaban J connectivity index is 1.38. The smallest absolute Gasteiger partial charge is 0.227 e. The molecule has 0 aromatic carbocycles. The van der Waals surface area contributed by atoms with Crippen LogP contribution in [0, 0.1) is 5.92 Å². The lowest BCUT2D eigenvalue weighted by Gasteiger charge is -2.35. The first-order valence-electron chi connectivity index (χ1n) is 8.98. The van der Waals surface area contributed by atoms with Gasteiger partial charge in [-0.25, -0.2) is 9.97 Å². The van der Waals surface area contributed by atoms with Gasteiger partial charge in [0.2, 0.25) is 11.8 Å². The van der Waals surface area contributed by atoms with Gasteiger partial charge in [0.15, 0.2) is 5.65 Å². The Labute approximate surface area is 146 Å². The molecule has 1 atom stereocenters. The molecule has 6 nitrogen and oxygen atoms in total. The van der Waals surface area contributed by atoms with Gasteiger partial charge < -0.3 is 10.2 Å². The third-order valence-corrected chi connectivity index (χ3v) is 5.33. The first-order chi connectivity index (χ1) is 12.2. The minimum atomic E-state index is -0.0581. The van der Waals surface area contributed by atoms with Crippen molar-refractivity contribution in [2.45, 2.75) is 31.6 Å². The molecule has 4 heterocycles. The second-order valence-electron chi connectivity index (χ2n) is 6.93. The van der Waals surface area contributed by atoms with Gasteiger partial charge in [0.1, 0.15) is 0 Å². The zero-order chi connectivity index (χ0) is 17.2. The number of aromatic nitrogens is 2. The van der Waals surface area contributed by atoms with Gasteiger partial charge in [0.25, 0.3) is 0 Å². The van der Waals surface area contributed by atoms with Crippen LogP contribution in [0.3, 0.4) is 0 Å². The molecule has 1 unspecified atom stereocenters. The molecule has 2 saturated heterocycles. The number of piperidine rings is 2. The Morgan fingerprint density at radius 3 is 2.76 bits per heavy atom. The van der Waals surface area contributed by atoms with E-state index in [1.807, 2.05) is 17.0 Å². The van der Waals surface area contributed by atoms with E-state index in [9.17, 15) is 9.59 Å². The molecule has 130 valence electrons. The number of nitrogens with one attached hydrogen (secondary N) is 1. The lowest BCUT2D eigenvalue weighted by molar-refractivity contribution is -0.138. The van der Waals surface area contributed by atoms with Gasteiger partial charge in [0.05, 0.1) is 5.92 Å². The van der Waals surface area contributed by atoms with E-state index in [0.717, 1.165) is 42.7 Å². The highest BCUT2D eigenvalue weighted by Gasteiger charge is 2.31. The second-order valence-corrected chi connectivity index (χ2v) is 6.93. The van der Waals surface area contributed by atoms with Crippen LogP contribution in [0.2, 0.25) is 0 Å². The molecule has 25 heavy (non-hydrogen) atoms. The Hall–Kier alpha value is -2.50. The zero-order valence-corrected chi connectivity index (χ0v) is 14.1. The number of pyridine rings is 2. The molecule has 2 fully saturated rings. The predicted molar refractivity (Wildman–Crippen MR) is 93.8 cm³/mol. The fourth-order valence-electron chi connectivity index (χ4n) is 3.79. The Kier molecular flexibility index (Phi) is 4.34. The predicted octanol–water partition coefficient (Wildman–Crippen LogP) is 1.86. The number of hydrogen-bond donors (Lipinski definition) is 1. The molecule has 6 heteroatoms. The van der Waals surface area contributed by atoms with Gasteiger partial charge >= 0.3 is 0 Å². The Morgan fingerprint density at radius 1 is 1.16 bits per heavy atom. The molecule has 0 saturated carbocycles. The number of nitrogens with zero attached hydrogens (tertiary/aromatic N) is 3. The van der Waals surface area contributed by atoms with E-state index >= 15 is 0 Å². The standard InChI is InChI=1S/C19H22N4O2/c24-17-6-4-15(12-21-17)19(25)23-10-7-13(8-11-23)16-5-3-14-2-1-9-20-18(14)22-16/h1-3,5,9,13,15H,4,6-8,10-12H2,(H,21,24). The van der Waals surface area contributed by atoms with Crippen molar-refractivity contribution in [2.24, 2.45) is 5.92 Å². The quantitative estimate of drug-likeness (QED) is 0.907. The number of carbonyl (C=O) groups excluding carboxylic acids is 2. The van der Waals surface area contributed by atoms with Gasteiger partial charge in [-0.15, -0.1) is 0 Å². The topological polar surface area (TPSA) is 75.2 Å². The maximum atomic E-state index is 12.6. The van der Waals surface area contributed by atoms with Crippen LogP contribution in [0.5, 0.6) is 0 Å². The van der Waals surface area contributed by atoms with E-state index in [4.69, 9.17) is 4.98 Å². The van der Waals surface area contributed by atoms with Crippen LogP contribution in [-0.2, 0) is 9.59 Å². The number of rotatable bonds is 2. The highest BCUT2D eigenvalue weighted by atomic mass is 16.2. The molecule has 2 aliphatic rings. The lowest BCUT2D eigenvalue weighted by atomic mass is 9.91. The molecule has 2 aliphatic heterocycles. The van der Waals surface area contributed by atoms with E-state index in [2.05, 4.69) is 22.4 Å². The van der Waals surface area contributed by atoms with Crippen LogP contribution in [-0.4, -0.2) is 46.3 Å². The lowest BCUT2D eigenvalue weighted by Crippen LogP contribution is -2.47. The zero-order valence-electron chi connectivity index (χ0n) is 14.1. The SMILES string of the molecule is O=C1CCC(C(=O)N2CCC(c3ccc4cccnc4n3)CC2)CN1. The summed E-state index contributed by atoms with van der Waals surface area (Å²) in [6.07, 6.45) is 4.75. The molecule has 2 amide bonds. The number of fused-ring (bicyclic) bond motifs is 1. The molecule has 0 spiro atoms. The number of hydrogen-bond acceptors (Lipinski definition) is 4. The van der Waals surface area contributed by atoms with Crippen molar-refractivity contribution in [3.63, 3.8) is 0 Å². The summed E-state index contributed by atoms with van der Waals surface area (Å²) in [5.41, 5.74) is 1.86. The molecule has 0 aliphatic carbocycles. The van der Waals surface area contributed by atoms with Gasteiger partial charge in [-0.3, -0.25) is 9.59 Å². The monoisotopic (exact) mass is 338 g/mol. The van der Waals surface area contributed by atoms with Crippen LogP contribution in [0.25, 0.3) is 11.0 Å². The average Bonchev–Trinajstić information content (AvgIpc) is 2.68. The first-order valence-corrected chi connectivity index (χ1v) is 8.98. The van der Waals surface area contributed by atoms with Gasteiger partial charge in [-0.05, 0) is 43.5 Å². The third kappa shape index (κ3) is 3.34. The van der Waals surface area contributed by atoms with Gasteiger partial charge in [-0.2, -0.15) is 0 Å². The van der Waals surface area contributed by atoms with E-state index in [1.54, 1.807) is 6.20 Å². The summed E-state index contributed by atoms with van der Waals surface area (Å²) in [6.45, 7) is 2.00. The highest BCUT2D eigenvalue weighted by molar-refractivity contribution is 5.83. The summed E-state index contributed by atoms with van der Waals surface area (Å²) in [5, 5.41) is 3.85. The van der Waals surface area contributed by atoms with Crippen molar-refractivity contribution < 1.29 is 9.59 Å². The maximum Gasteiger partial charge on any atom is 0.227 e. The van der Waals surface area contributed by atoms with E-state index < -0.39 is 0 Å². The number of amides is 2. The summed E-state index contributed by atoms with van der Waals surface area (Å²) >= 11 is 0. The Morgan fingerprint density at radius 2 is 2.00 bits per heavy atom. The van der Waals surface area contributed by atoms with Crippen LogP contribution < -0.4 is 5.32 Å². The van der Waals surface area contributed by atoms with Crippen molar-refractivity contribution >= 4 is 22.8 Å². The normalized spacial score (nSPS) is 22.0. The highest BCUT2D eigenvalue weighted by Crippen LogP contribution is 2.29. The summed E-state index contributed by atoms with van der Waals surface area (Å²) in [4.78, 5) is 34.9. The van der Waals surface area contributed by atoms with Crippen LogP contribution in [0.1, 0.15) is 37.3 Å². The van der Waals surface area contributed by atoms with Crippen molar-refractivity contribution in [3.05, 3.63) is 36.2 Å². The summed E-state index contributed by atoms with van der Waals surface area (Å²) in [6, 6.07) is 8.10. The Bertz CT molecular complexity index is 789. The molecule has 2 aromatic rings. The summed E-state index contributed by atoms with van der Waals surface area (Å²) in [7, 11) is 0. The summed E-state index contributed by atoms with van der Waals surface area (Å²) < 4.78 is 0. The van der Waals surface area contributed by atoms with Gasteiger partial charge in [-0.1, -0.05) is 0 Å². The largest absolute Gasteiger partial charge is 0.355 e. The van der Waals surface area contributed by atoms with Crippen molar-refractivity contribution in [1.29, 1.82) is 0 Å². The van der Waals surface area contributed by atoms with Crippen LogP contribution in [0.15, 0.2) is 30.5 Å². The van der Waals surface area contributed by atoms with E-state index in [0.29, 0.717) is 25.3 Å². The molecular formula is C19H22N4O2. The fraction of sp³-hybridized carbons (Fsp3) is 0.474. The number of likely N-dealkylation sites (tertiary alicyclic amines) is 1. The first kappa shape index (κ1) is 16.0. The fourth-order valence-corrected chi connectivity index (χ4v) is 3.79. The third-order valence-electron chi connectivity index (χ3n) is 5.33. The van der Waals surface area contributed by atoms with E-state index in [1.165, 1.54) is 0 Å². The van der Waals surface area contributed by atoms with Crippen molar-refractivity contribution in [1.82, 2.24) is 20.2 Å². The minimum absolute atomic E-state index is 0.0544.